The minimum absolute atomic E-state index is 0.0253. The Balaban J connectivity index is 2.44. The van der Waals surface area contributed by atoms with E-state index in [0.717, 1.165) is 30.2 Å². The first-order valence-corrected chi connectivity index (χ1v) is 8.11. The van der Waals surface area contributed by atoms with Crippen LogP contribution in [0.25, 0.3) is 0 Å². The van der Waals surface area contributed by atoms with Crippen LogP contribution in [-0.4, -0.2) is 37.3 Å². The van der Waals surface area contributed by atoms with Gasteiger partial charge < -0.3 is 5.32 Å². The van der Waals surface area contributed by atoms with Gasteiger partial charge in [-0.2, -0.15) is 4.31 Å². The summed E-state index contributed by atoms with van der Waals surface area (Å²) in [7, 11) is -2.09. The summed E-state index contributed by atoms with van der Waals surface area (Å²) in [5.41, 5.74) is -0.196. The van der Waals surface area contributed by atoms with Gasteiger partial charge in [0.05, 0.1) is 4.92 Å². The van der Waals surface area contributed by atoms with Crippen LogP contribution in [0.1, 0.15) is 19.8 Å². The molecule has 1 aliphatic heterocycles. The lowest BCUT2D eigenvalue weighted by molar-refractivity contribution is -0.383. The fourth-order valence-corrected chi connectivity index (χ4v) is 5.29. The highest BCUT2D eigenvalue weighted by atomic mass is 32.2. The maximum absolute atomic E-state index is 12.4. The molecule has 1 saturated heterocycles. The molecule has 0 amide bonds. The quantitative estimate of drug-likeness (QED) is 0.677. The van der Waals surface area contributed by atoms with Crippen LogP contribution < -0.4 is 5.32 Å². The van der Waals surface area contributed by atoms with Gasteiger partial charge in [-0.05, 0) is 19.8 Å². The second-order valence-corrected chi connectivity index (χ2v) is 7.56. The van der Waals surface area contributed by atoms with Crippen molar-refractivity contribution in [1.82, 2.24) is 4.31 Å². The normalized spacial score (nSPS) is 20.6. The van der Waals surface area contributed by atoms with Crippen LogP contribution in [0.4, 0.5) is 10.7 Å². The molecule has 0 aromatic carbocycles. The van der Waals surface area contributed by atoms with Crippen LogP contribution in [0.5, 0.6) is 0 Å². The lowest BCUT2D eigenvalue weighted by Gasteiger charge is -2.19. The van der Waals surface area contributed by atoms with Gasteiger partial charge in [-0.25, -0.2) is 8.42 Å². The maximum atomic E-state index is 12.4. The number of thiophene rings is 1. The molecule has 7 nitrogen and oxygen atoms in total. The van der Waals surface area contributed by atoms with Crippen molar-refractivity contribution in [2.24, 2.45) is 0 Å². The number of sulfonamides is 1. The minimum atomic E-state index is -3.63. The summed E-state index contributed by atoms with van der Waals surface area (Å²) in [5.74, 6) is 0. The third-order valence-electron chi connectivity index (χ3n) is 3.17. The van der Waals surface area contributed by atoms with E-state index in [9.17, 15) is 18.5 Å². The molecule has 1 unspecified atom stereocenters. The number of anilines is 1. The molecule has 0 radical (unpaired) electrons. The molecule has 1 aliphatic rings. The minimum Gasteiger partial charge on any atom is -0.374 e. The molecule has 106 valence electrons. The SMILES string of the molecule is CNc1sc(S(=O)(=O)N2CCCC2C)cc1[N+](=O)[O-]. The van der Waals surface area contributed by atoms with Gasteiger partial charge in [0.25, 0.3) is 10.0 Å². The Morgan fingerprint density at radius 2 is 2.26 bits per heavy atom. The second kappa shape index (κ2) is 5.06. The molecule has 1 aromatic rings. The zero-order chi connectivity index (χ0) is 14.2. The summed E-state index contributed by atoms with van der Waals surface area (Å²) in [6.45, 7) is 2.33. The standard InChI is InChI=1S/C10H15N3O4S2/c1-7-4-3-5-12(7)19(16,17)9-6-8(13(14)15)10(11-2)18-9/h6-7,11H,3-5H2,1-2H3. The van der Waals surface area contributed by atoms with Crippen LogP contribution in [0, 0.1) is 10.1 Å². The third kappa shape index (κ3) is 2.45. The zero-order valence-corrected chi connectivity index (χ0v) is 12.3. The van der Waals surface area contributed by atoms with Crippen LogP contribution in [0.15, 0.2) is 10.3 Å². The number of rotatable bonds is 4. The van der Waals surface area contributed by atoms with E-state index in [4.69, 9.17) is 0 Å². The summed E-state index contributed by atoms with van der Waals surface area (Å²) < 4.78 is 26.3. The molecule has 2 rings (SSSR count). The van der Waals surface area contributed by atoms with Gasteiger partial charge in [0.2, 0.25) is 0 Å². The highest BCUT2D eigenvalue weighted by molar-refractivity contribution is 7.91. The molecule has 0 saturated carbocycles. The van der Waals surface area contributed by atoms with E-state index >= 15 is 0 Å². The van der Waals surface area contributed by atoms with Crippen LogP contribution >= 0.6 is 11.3 Å². The van der Waals surface area contributed by atoms with Crippen molar-refractivity contribution in [1.29, 1.82) is 0 Å². The lowest BCUT2D eigenvalue weighted by Crippen LogP contribution is -2.33. The Kier molecular flexibility index (Phi) is 3.79. The van der Waals surface area contributed by atoms with E-state index in [2.05, 4.69) is 5.32 Å². The second-order valence-electron chi connectivity index (χ2n) is 4.39. The predicted octanol–water partition coefficient (Wildman–Crippen LogP) is 1.87. The molecule has 1 fully saturated rings. The summed E-state index contributed by atoms with van der Waals surface area (Å²) in [4.78, 5) is 10.3. The van der Waals surface area contributed by atoms with Gasteiger partial charge in [-0.15, -0.1) is 0 Å². The van der Waals surface area contributed by atoms with Crippen molar-refractivity contribution >= 4 is 32.0 Å². The van der Waals surface area contributed by atoms with E-state index in [1.165, 1.54) is 11.4 Å². The predicted molar refractivity (Wildman–Crippen MR) is 73.1 cm³/mol. The molecule has 1 N–H and O–H groups in total. The van der Waals surface area contributed by atoms with Crippen molar-refractivity contribution in [2.45, 2.75) is 30.0 Å². The largest absolute Gasteiger partial charge is 0.374 e. The summed E-state index contributed by atoms with van der Waals surface area (Å²) in [5, 5.41) is 13.8. The van der Waals surface area contributed by atoms with Crippen LogP contribution in [-0.2, 0) is 10.0 Å². The number of nitrogens with one attached hydrogen (secondary N) is 1. The van der Waals surface area contributed by atoms with Crippen molar-refractivity contribution in [2.75, 3.05) is 18.9 Å². The molecule has 0 bridgehead atoms. The third-order valence-corrected chi connectivity index (χ3v) is 6.77. The molecule has 19 heavy (non-hydrogen) atoms. The molecule has 1 atom stereocenters. The first-order chi connectivity index (χ1) is 8.87. The average Bonchev–Trinajstić information content (AvgIpc) is 2.94. The highest BCUT2D eigenvalue weighted by Crippen LogP contribution is 2.39. The summed E-state index contributed by atoms with van der Waals surface area (Å²) >= 11 is 0.901. The first-order valence-electron chi connectivity index (χ1n) is 5.85. The highest BCUT2D eigenvalue weighted by Gasteiger charge is 2.35. The molecule has 9 heteroatoms. The Morgan fingerprint density at radius 1 is 1.58 bits per heavy atom. The van der Waals surface area contributed by atoms with Crippen LogP contribution in [0.3, 0.4) is 0 Å². The fraction of sp³-hybridized carbons (Fsp3) is 0.600. The lowest BCUT2D eigenvalue weighted by atomic mass is 10.3. The van der Waals surface area contributed by atoms with Gasteiger partial charge in [0, 0.05) is 25.7 Å². The van der Waals surface area contributed by atoms with Crippen LogP contribution in [0.2, 0.25) is 0 Å². The molecule has 2 heterocycles. The number of hydrogen-bond acceptors (Lipinski definition) is 6. The summed E-state index contributed by atoms with van der Waals surface area (Å²) in [6.07, 6.45) is 1.65. The van der Waals surface area contributed by atoms with Crippen molar-refractivity contribution in [3.63, 3.8) is 0 Å². The van der Waals surface area contributed by atoms with Gasteiger partial charge in [-0.3, -0.25) is 10.1 Å². The van der Waals surface area contributed by atoms with E-state index in [1.807, 2.05) is 6.92 Å². The molecule has 0 aliphatic carbocycles. The number of nitro groups is 1. The number of hydrogen-bond donors (Lipinski definition) is 1. The maximum Gasteiger partial charge on any atom is 0.304 e. The molecular weight excluding hydrogens is 290 g/mol. The van der Waals surface area contributed by atoms with E-state index in [-0.39, 0.29) is 20.9 Å². The zero-order valence-electron chi connectivity index (χ0n) is 10.6. The molecular formula is C10H15N3O4S2. The van der Waals surface area contributed by atoms with Crippen molar-refractivity contribution in [3.8, 4) is 0 Å². The van der Waals surface area contributed by atoms with E-state index in [0.29, 0.717) is 6.54 Å². The number of nitrogens with zero attached hydrogens (tertiary/aromatic N) is 2. The Morgan fingerprint density at radius 3 is 2.68 bits per heavy atom. The monoisotopic (exact) mass is 305 g/mol. The molecule has 1 aromatic heterocycles. The van der Waals surface area contributed by atoms with Crippen molar-refractivity contribution in [3.05, 3.63) is 16.2 Å². The van der Waals surface area contributed by atoms with Gasteiger partial charge >= 0.3 is 5.69 Å². The van der Waals surface area contributed by atoms with E-state index < -0.39 is 14.9 Å². The fourth-order valence-electron chi connectivity index (χ4n) is 2.18. The molecule has 0 spiro atoms. The topological polar surface area (TPSA) is 92.6 Å². The Hall–Kier alpha value is -1.19. The van der Waals surface area contributed by atoms with Crippen molar-refractivity contribution < 1.29 is 13.3 Å². The van der Waals surface area contributed by atoms with Gasteiger partial charge in [-0.1, -0.05) is 11.3 Å². The first kappa shape index (κ1) is 14.2. The Labute approximate surface area is 115 Å². The van der Waals surface area contributed by atoms with Gasteiger partial charge in [0.1, 0.15) is 4.21 Å². The summed E-state index contributed by atoms with van der Waals surface area (Å²) in [6, 6.07) is 1.08. The average molecular weight is 305 g/mol. The Bertz CT molecular complexity index is 596. The smallest absolute Gasteiger partial charge is 0.304 e. The van der Waals surface area contributed by atoms with E-state index in [1.54, 1.807) is 0 Å². The van der Waals surface area contributed by atoms with Gasteiger partial charge in [0.15, 0.2) is 5.00 Å².